The van der Waals surface area contributed by atoms with Crippen LogP contribution < -0.4 is 35.2 Å². The molecule has 188 valence electrons. The number of hydrogen-bond donors (Lipinski definition) is 0. The summed E-state index contributed by atoms with van der Waals surface area (Å²) in [7, 11) is -2.59. The number of hydrogen-bond acceptors (Lipinski definition) is 0. The maximum Gasteiger partial charge on any atom is 4.00 e. The number of halogens is 2. The fraction of sp³-hybridized carbons (Fsp3) is 0.375. The summed E-state index contributed by atoms with van der Waals surface area (Å²) >= 11 is 0. The molecule has 2 aromatic rings. The van der Waals surface area contributed by atoms with Gasteiger partial charge in [-0.3, -0.25) is 12.2 Å². The molecule has 0 bridgehead atoms. The van der Waals surface area contributed by atoms with E-state index < -0.39 is 8.07 Å². The zero-order chi connectivity index (χ0) is 24.0. The summed E-state index contributed by atoms with van der Waals surface area (Å²) in [6, 6.07) is 22.8. The van der Waals surface area contributed by atoms with Crippen molar-refractivity contribution in [3.05, 3.63) is 106 Å². The maximum absolute atomic E-state index is 3.79. The van der Waals surface area contributed by atoms with Crippen LogP contribution in [0.15, 0.2) is 93.3 Å². The second-order valence-corrected chi connectivity index (χ2v) is 15.3. The molecule has 0 atom stereocenters. The van der Waals surface area contributed by atoms with E-state index in [2.05, 4.69) is 128 Å². The zero-order valence-corrected chi connectivity index (χ0v) is 29.0. The standard InChI is InChI=1S/C32H38Si.2ClH.Hf/c1-23-19-21-27(31(3,4)5)29(23)33(25-15-11-9-12-16-25,26-17-13-10-14-18-26)30-24(2)20-22-28(30)32(6,7)8;;;/h9-18H,21-22H2,1-8H3;2*1H;/q-2;;;+4/p-2. The number of rotatable bonds is 4. The van der Waals surface area contributed by atoms with Gasteiger partial charge in [-0.1, -0.05) is 126 Å². The monoisotopic (exact) mass is 700 g/mol. The Kier molecular flexibility index (Phi) is 11.3. The van der Waals surface area contributed by atoms with E-state index in [4.69, 9.17) is 0 Å². The molecule has 0 heterocycles. The summed E-state index contributed by atoms with van der Waals surface area (Å²) in [5.41, 5.74) is 5.98. The Bertz CT molecular complexity index is 1080. The van der Waals surface area contributed by atoms with Crippen molar-refractivity contribution in [2.45, 2.75) is 68.2 Å². The van der Waals surface area contributed by atoms with Gasteiger partial charge >= 0.3 is 25.8 Å². The topological polar surface area (TPSA) is 0 Å². The van der Waals surface area contributed by atoms with Crippen LogP contribution in [-0.4, -0.2) is 8.07 Å². The van der Waals surface area contributed by atoms with Gasteiger partial charge in [-0.05, 0) is 10.8 Å². The molecule has 4 rings (SSSR count). The average Bonchev–Trinajstić information content (AvgIpc) is 3.34. The summed E-state index contributed by atoms with van der Waals surface area (Å²) in [4.78, 5) is 0. The quantitative estimate of drug-likeness (QED) is 0.334. The van der Waals surface area contributed by atoms with Gasteiger partial charge < -0.3 is 24.8 Å². The van der Waals surface area contributed by atoms with Crippen LogP contribution in [0.1, 0.15) is 68.2 Å². The smallest absolute Gasteiger partial charge is 1.00 e. The van der Waals surface area contributed by atoms with Crippen LogP contribution in [0.4, 0.5) is 0 Å². The van der Waals surface area contributed by atoms with Crippen molar-refractivity contribution in [1.82, 2.24) is 0 Å². The minimum Gasteiger partial charge on any atom is -1.00 e. The third-order valence-corrected chi connectivity index (χ3v) is 12.6. The van der Waals surface area contributed by atoms with E-state index >= 15 is 0 Å². The molecular formula is C32H38Cl2HfSi. The Balaban J connectivity index is 0.00000216. The van der Waals surface area contributed by atoms with Crippen molar-refractivity contribution in [2.75, 3.05) is 0 Å². The Labute approximate surface area is 252 Å². The van der Waals surface area contributed by atoms with E-state index in [1.807, 2.05) is 0 Å². The molecule has 0 spiro atoms. The van der Waals surface area contributed by atoms with Crippen molar-refractivity contribution in [3.8, 4) is 0 Å². The first kappa shape index (κ1) is 33.1. The number of allylic oxidation sites excluding steroid dienone is 8. The van der Waals surface area contributed by atoms with Crippen LogP contribution >= 0.6 is 0 Å². The van der Waals surface area contributed by atoms with E-state index in [0.717, 1.165) is 12.8 Å². The first-order valence-corrected chi connectivity index (χ1v) is 14.2. The minimum absolute atomic E-state index is 0. The molecule has 0 unspecified atom stereocenters. The number of benzene rings is 2. The third kappa shape index (κ3) is 5.72. The molecule has 0 saturated carbocycles. The molecule has 0 nitrogen and oxygen atoms in total. The normalized spacial score (nSPS) is 16.1. The first-order chi connectivity index (χ1) is 15.5. The summed E-state index contributed by atoms with van der Waals surface area (Å²) in [6.45, 7) is 18.9. The van der Waals surface area contributed by atoms with Gasteiger partial charge in [-0.25, -0.2) is 11.1 Å². The van der Waals surface area contributed by atoms with Crippen molar-refractivity contribution < 1.29 is 50.7 Å². The Morgan fingerprint density at radius 2 is 0.889 bits per heavy atom. The first-order valence-electron chi connectivity index (χ1n) is 12.2. The SMILES string of the molecule is CC1=[C-]CC(C(C)(C)C)=C1[Si](C1=C(C(C)(C)C)C[C-]=C1C)(c1ccccc1)c1ccccc1.[Cl-].[Cl-].[Hf+4]. The summed E-state index contributed by atoms with van der Waals surface area (Å²) in [6.07, 6.45) is 9.44. The second-order valence-electron chi connectivity index (χ2n) is 11.6. The summed E-state index contributed by atoms with van der Waals surface area (Å²) < 4.78 is 0. The molecule has 0 radical (unpaired) electrons. The Morgan fingerprint density at radius 3 is 1.17 bits per heavy atom. The average molecular weight is 700 g/mol. The van der Waals surface area contributed by atoms with Gasteiger partial charge in [0.05, 0.1) is 0 Å². The predicted octanol–water partition coefficient (Wildman–Crippen LogP) is 1.33. The van der Waals surface area contributed by atoms with Crippen molar-refractivity contribution in [1.29, 1.82) is 0 Å². The maximum atomic E-state index is 3.79. The molecule has 2 aliphatic carbocycles. The van der Waals surface area contributed by atoms with Crippen molar-refractivity contribution >= 4 is 18.4 Å². The fourth-order valence-electron chi connectivity index (χ4n) is 5.79. The fourth-order valence-corrected chi connectivity index (χ4v) is 12.0. The van der Waals surface area contributed by atoms with Gasteiger partial charge in [-0.2, -0.15) is 21.5 Å². The Morgan fingerprint density at radius 1 is 0.583 bits per heavy atom. The molecule has 0 aliphatic heterocycles. The molecule has 0 amide bonds. The van der Waals surface area contributed by atoms with Crippen LogP contribution in [-0.2, 0) is 25.8 Å². The van der Waals surface area contributed by atoms with Gasteiger partial charge in [0.2, 0.25) is 0 Å². The largest absolute Gasteiger partial charge is 4.00 e. The van der Waals surface area contributed by atoms with Crippen molar-refractivity contribution in [2.24, 2.45) is 10.8 Å². The van der Waals surface area contributed by atoms with E-state index in [1.54, 1.807) is 21.5 Å². The van der Waals surface area contributed by atoms with Crippen LogP contribution in [0.2, 0.25) is 0 Å². The van der Waals surface area contributed by atoms with Crippen LogP contribution in [0.5, 0.6) is 0 Å². The van der Waals surface area contributed by atoms with Crippen LogP contribution in [0.3, 0.4) is 0 Å². The van der Waals surface area contributed by atoms with Crippen molar-refractivity contribution in [3.63, 3.8) is 0 Å². The molecule has 4 heteroatoms. The molecule has 36 heavy (non-hydrogen) atoms. The Hall–Kier alpha value is -0.933. The van der Waals surface area contributed by atoms with Crippen LogP contribution in [0.25, 0.3) is 0 Å². The van der Waals surface area contributed by atoms with E-state index in [-0.39, 0.29) is 61.5 Å². The summed E-state index contributed by atoms with van der Waals surface area (Å²) in [5.74, 6) is 0. The van der Waals surface area contributed by atoms with E-state index in [0.29, 0.717) is 0 Å². The molecule has 0 aromatic heterocycles. The van der Waals surface area contributed by atoms with Crippen LogP contribution in [0, 0.1) is 23.0 Å². The summed E-state index contributed by atoms with van der Waals surface area (Å²) in [5, 5.41) is 6.09. The molecule has 0 N–H and O–H groups in total. The third-order valence-electron chi connectivity index (χ3n) is 7.39. The molecule has 0 fully saturated rings. The molecule has 2 aromatic carbocycles. The molecule has 2 aliphatic rings. The molecular weight excluding hydrogens is 662 g/mol. The minimum atomic E-state index is -2.59. The second kappa shape index (κ2) is 12.3. The predicted molar refractivity (Wildman–Crippen MR) is 145 cm³/mol. The van der Waals surface area contributed by atoms with Gasteiger partial charge in [0, 0.05) is 8.07 Å². The zero-order valence-electron chi connectivity index (χ0n) is 22.9. The van der Waals surface area contributed by atoms with E-state index in [1.165, 1.54) is 21.5 Å². The van der Waals surface area contributed by atoms with Gasteiger partial charge in [0.1, 0.15) is 0 Å². The van der Waals surface area contributed by atoms with Gasteiger partial charge in [0.25, 0.3) is 0 Å². The van der Waals surface area contributed by atoms with Gasteiger partial charge in [0.15, 0.2) is 0 Å². The van der Waals surface area contributed by atoms with E-state index in [9.17, 15) is 0 Å². The molecule has 0 saturated heterocycles. The van der Waals surface area contributed by atoms with Gasteiger partial charge in [-0.15, -0.1) is 12.8 Å².